The fourth-order valence-electron chi connectivity index (χ4n) is 2.02. The Morgan fingerprint density at radius 1 is 1.18 bits per heavy atom. The van der Waals surface area contributed by atoms with Gasteiger partial charge in [0.2, 0.25) is 0 Å². The number of hydrogen-bond donors (Lipinski definition) is 1. The van der Waals surface area contributed by atoms with Gasteiger partial charge in [0.05, 0.1) is 0 Å². The molecule has 2 unspecified atom stereocenters. The van der Waals surface area contributed by atoms with Crippen molar-refractivity contribution in [2.75, 3.05) is 0 Å². The van der Waals surface area contributed by atoms with Crippen LogP contribution < -0.4 is 5.32 Å². The third kappa shape index (κ3) is 3.22. The molecule has 1 saturated carbocycles. The van der Waals surface area contributed by atoms with E-state index in [1.54, 1.807) is 18.2 Å². The van der Waals surface area contributed by atoms with Gasteiger partial charge in [-0.25, -0.2) is 0 Å². The number of halogens is 3. The minimum atomic E-state index is -4.25. The highest BCUT2D eigenvalue weighted by Gasteiger charge is 2.43. The monoisotopic (exact) mass is 243 g/mol. The summed E-state index contributed by atoms with van der Waals surface area (Å²) in [5, 5.41) is 2.71. The van der Waals surface area contributed by atoms with E-state index in [-0.39, 0.29) is 11.6 Å². The van der Waals surface area contributed by atoms with Crippen molar-refractivity contribution in [3.63, 3.8) is 0 Å². The molecule has 2 atom stereocenters. The normalized spacial score (nSPS) is 20.0. The van der Waals surface area contributed by atoms with Crippen molar-refractivity contribution in [2.45, 2.75) is 38.0 Å². The molecule has 1 aromatic rings. The molecule has 0 aliphatic heterocycles. The maximum atomic E-state index is 13.0. The molecule has 0 heterocycles. The predicted octanol–water partition coefficient (Wildman–Crippen LogP) is 3.68. The van der Waals surface area contributed by atoms with Crippen LogP contribution in [0.2, 0.25) is 0 Å². The van der Waals surface area contributed by atoms with Crippen molar-refractivity contribution in [3.05, 3.63) is 35.9 Å². The molecule has 0 radical (unpaired) electrons. The molecule has 0 aromatic heterocycles. The standard InChI is InChI=1S/C13H16F3N/c1-9(10-7-8-10)17-12(13(14,15)16)11-5-3-2-4-6-11/h2-6,9-10,12,17H,7-8H2,1H3. The smallest absolute Gasteiger partial charge is 0.300 e. The van der Waals surface area contributed by atoms with Gasteiger partial charge in [0.25, 0.3) is 0 Å². The Kier molecular flexibility index (Phi) is 3.43. The second kappa shape index (κ2) is 4.69. The lowest BCUT2D eigenvalue weighted by atomic mass is 10.0. The quantitative estimate of drug-likeness (QED) is 0.850. The molecule has 2 rings (SSSR count). The summed E-state index contributed by atoms with van der Waals surface area (Å²) in [6, 6.07) is 6.40. The van der Waals surface area contributed by atoms with Gasteiger partial charge in [-0.05, 0) is 31.2 Å². The minimum absolute atomic E-state index is 0.0816. The van der Waals surface area contributed by atoms with Crippen LogP contribution in [0, 0.1) is 5.92 Å². The van der Waals surface area contributed by atoms with Crippen LogP contribution >= 0.6 is 0 Å². The number of hydrogen-bond acceptors (Lipinski definition) is 1. The summed E-state index contributed by atoms with van der Waals surface area (Å²) >= 11 is 0. The SMILES string of the molecule is CC(NC(c1ccccc1)C(F)(F)F)C1CC1. The zero-order valence-corrected chi connectivity index (χ0v) is 9.67. The summed E-state index contributed by atoms with van der Waals surface area (Å²) in [6.07, 6.45) is -2.18. The second-order valence-electron chi connectivity index (χ2n) is 4.68. The van der Waals surface area contributed by atoms with E-state index in [4.69, 9.17) is 0 Å². The molecule has 0 amide bonds. The third-order valence-electron chi connectivity index (χ3n) is 3.22. The van der Waals surface area contributed by atoms with Crippen molar-refractivity contribution in [2.24, 2.45) is 5.92 Å². The molecular formula is C13H16F3N. The molecule has 1 N–H and O–H groups in total. The Morgan fingerprint density at radius 3 is 2.24 bits per heavy atom. The lowest BCUT2D eigenvalue weighted by Crippen LogP contribution is -2.40. The van der Waals surface area contributed by atoms with Crippen molar-refractivity contribution in [1.29, 1.82) is 0 Å². The largest absolute Gasteiger partial charge is 0.407 e. The molecule has 1 fully saturated rings. The maximum Gasteiger partial charge on any atom is 0.407 e. The number of alkyl halides is 3. The Labute approximate surface area is 99.0 Å². The molecule has 1 aromatic carbocycles. The van der Waals surface area contributed by atoms with E-state index in [0.717, 1.165) is 12.8 Å². The zero-order valence-electron chi connectivity index (χ0n) is 9.67. The van der Waals surface area contributed by atoms with Crippen molar-refractivity contribution < 1.29 is 13.2 Å². The zero-order chi connectivity index (χ0) is 12.5. The minimum Gasteiger partial charge on any atom is -0.300 e. The van der Waals surface area contributed by atoms with E-state index < -0.39 is 12.2 Å². The van der Waals surface area contributed by atoms with Crippen molar-refractivity contribution in [3.8, 4) is 0 Å². The van der Waals surface area contributed by atoms with Crippen LogP contribution in [0.25, 0.3) is 0 Å². The highest BCUT2D eigenvalue weighted by atomic mass is 19.4. The molecule has 94 valence electrons. The van der Waals surface area contributed by atoms with E-state index in [1.165, 1.54) is 12.1 Å². The van der Waals surface area contributed by atoms with Crippen LogP contribution in [0.15, 0.2) is 30.3 Å². The van der Waals surface area contributed by atoms with E-state index >= 15 is 0 Å². The van der Waals surface area contributed by atoms with Gasteiger partial charge >= 0.3 is 6.18 Å². The van der Waals surface area contributed by atoms with Crippen LogP contribution in [0.5, 0.6) is 0 Å². The molecule has 1 aliphatic carbocycles. The Morgan fingerprint density at radius 2 is 1.76 bits per heavy atom. The van der Waals surface area contributed by atoms with Crippen LogP contribution in [-0.4, -0.2) is 12.2 Å². The number of nitrogens with one attached hydrogen (secondary N) is 1. The van der Waals surface area contributed by atoms with Crippen LogP contribution in [0.3, 0.4) is 0 Å². The average Bonchev–Trinajstić information content (AvgIpc) is 3.09. The fraction of sp³-hybridized carbons (Fsp3) is 0.538. The highest BCUT2D eigenvalue weighted by Crippen LogP contribution is 2.37. The van der Waals surface area contributed by atoms with Gasteiger partial charge in [-0.3, -0.25) is 5.32 Å². The molecule has 4 heteroatoms. The predicted molar refractivity (Wildman–Crippen MR) is 60.6 cm³/mol. The topological polar surface area (TPSA) is 12.0 Å². The van der Waals surface area contributed by atoms with Crippen LogP contribution in [0.4, 0.5) is 13.2 Å². The number of benzene rings is 1. The average molecular weight is 243 g/mol. The molecule has 17 heavy (non-hydrogen) atoms. The Balaban J connectivity index is 2.13. The van der Waals surface area contributed by atoms with Gasteiger partial charge in [0.15, 0.2) is 0 Å². The summed E-state index contributed by atoms with van der Waals surface area (Å²) < 4.78 is 39.0. The molecule has 0 spiro atoms. The molecule has 1 nitrogen and oxygen atoms in total. The van der Waals surface area contributed by atoms with Crippen LogP contribution in [0.1, 0.15) is 31.4 Å². The van der Waals surface area contributed by atoms with Crippen molar-refractivity contribution in [1.82, 2.24) is 5.32 Å². The van der Waals surface area contributed by atoms with Gasteiger partial charge in [-0.1, -0.05) is 30.3 Å². The summed E-state index contributed by atoms with van der Waals surface area (Å²) in [5.74, 6) is 0.406. The van der Waals surface area contributed by atoms with Gasteiger partial charge < -0.3 is 0 Å². The van der Waals surface area contributed by atoms with E-state index in [1.807, 2.05) is 6.92 Å². The first-order valence-corrected chi connectivity index (χ1v) is 5.86. The highest BCUT2D eigenvalue weighted by molar-refractivity contribution is 5.20. The van der Waals surface area contributed by atoms with E-state index in [0.29, 0.717) is 5.92 Å². The van der Waals surface area contributed by atoms with Gasteiger partial charge in [0, 0.05) is 6.04 Å². The summed E-state index contributed by atoms with van der Waals surface area (Å²) in [5.41, 5.74) is 0.285. The van der Waals surface area contributed by atoms with E-state index in [9.17, 15) is 13.2 Å². The summed E-state index contributed by atoms with van der Waals surface area (Å²) in [6.45, 7) is 1.83. The lowest BCUT2D eigenvalue weighted by molar-refractivity contribution is -0.159. The molecular weight excluding hydrogens is 227 g/mol. The molecule has 0 bridgehead atoms. The fourth-order valence-corrected chi connectivity index (χ4v) is 2.02. The molecule has 1 aliphatic rings. The second-order valence-corrected chi connectivity index (χ2v) is 4.68. The summed E-state index contributed by atoms with van der Waals surface area (Å²) in [7, 11) is 0. The van der Waals surface area contributed by atoms with Crippen LogP contribution in [-0.2, 0) is 0 Å². The Bertz CT molecular complexity index is 357. The lowest BCUT2D eigenvalue weighted by Gasteiger charge is -2.25. The van der Waals surface area contributed by atoms with Crippen molar-refractivity contribution >= 4 is 0 Å². The van der Waals surface area contributed by atoms with E-state index in [2.05, 4.69) is 5.32 Å². The first-order chi connectivity index (χ1) is 7.98. The van der Waals surface area contributed by atoms with Gasteiger partial charge in [-0.2, -0.15) is 13.2 Å². The maximum absolute atomic E-state index is 13.0. The third-order valence-corrected chi connectivity index (χ3v) is 3.22. The van der Waals surface area contributed by atoms with Gasteiger partial charge in [-0.15, -0.1) is 0 Å². The molecule has 0 saturated heterocycles. The first kappa shape index (κ1) is 12.4. The Hall–Kier alpha value is -1.03. The summed E-state index contributed by atoms with van der Waals surface area (Å²) in [4.78, 5) is 0. The number of rotatable bonds is 4. The van der Waals surface area contributed by atoms with Gasteiger partial charge in [0.1, 0.15) is 6.04 Å². The first-order valence-electron chi connectivity index (χ1n) is 5.86.